The second-order valence-electron chi connectivity index (χ2n) is 10.8. The molecule has 0 saturated heterocycles. The second-order valence-corrected chi connectivity index (χ2v) is 12.8. The summed E-state index contributed by atoms with van der Waals surface area (Å²) in [7, 11) is -3.33. The van der Waals surface area contributed by atoms with Gasteiger partial charge in [0, 0.05) is 17.5 Å². The van der Waals surface area contributed by atoms with Crippen molar-refractivity contribution in [1.29, 1.82) is 5.26 Å². The Morgan fingerprint density at radius 1 is 1.03 bits per heavy atom. The van der Waals surface area contributed by atoms with Crippen LogP contribution in [0.3, 0.4) is 0 Å². The molecule has 0 radical (unpaired) electrons. The molecule has 2 aliphatic carbocycles. The molecule has 0 spiro atoms. The topological polar surface area (TPSA) is 99.5 Å². The van der Waals surface area contributed by atoms with Crippen LogP contribution < -0.4 is 15.0 Å². The van der Waals surface area contributed by atoms with E-state index in [1.165, 1.54) is 54.6 Å². The number of nitrogens with zero attached hydrogens (tertiary/aromatic N) is 2. The van der Waals surface area contributed by atoms with Crippen molar-refractivity contribution in [3.05, 3.63) is 82.9 Å². The number of carbonyl (C=O) groups is 1. The maximum atomic E-state index is 13.2. The highest BCUT2D eigenvalue weighted by molar-refractivity contribution is 7.90. The van der Waals surface area contributed by atoms with Crippen molar-refractivity contribution in [2.75, 3.05) is 24.3 Å². The quantitative estimate of drug-likeness (QED) is 0.389. The molecule has 1 N–H and O–H groups in total. The molecular weight excluding hydrogens is 510 g/mol. The number of rotatable bonds is 8. The number of carbonyl (C=O) groups excluding carboxylic acids is 1. The van der Waals surface area contributed by atoms with Gasteiger partial charge in [-0.1, -0.05) is 18.2 Å². The molecule has 6 rings (SSSR count). The Kier molecular flexibility index (Phi) is 6.56. The molecule has 0 bridgehead atoms. The number of hydrogen-bond donors (Lipinski definition) is 1. The van der Waals surface area contributed by atoms with Gasteiger partial charge in [-0.25, -0.2) is 8.42 Å². The first kappa shape index (κ1) is 25.4. The van der Waals surface area contributed by atoms with Crippen molar-refractivity contribution in [3.63, 3.8) is 0 Å². The van der Waals surface area contributed by atoms with Gasteiger partial charge < -0.3 is 15.0 Å². The van der Waals surface area contributed by atoms with Gasteiger partial charge in [-0.05, 0) is 96.7 Å². The summed E-state index contributed by atoms with van der Waals surface area (Å²) in [5.41, 5.74) is 6.11. The molecule has 39 heavy (non-hydrogen) atoms. The summed E-state index contributed by atoms with van der Waals surface area (Å²) in [6.45, 7) is 1.26. The highest BCUT2D eigenvalue weighted by Gasteiger charge is 2.30. The molecule has 0 unspecified atom stereocenters. The van der Waals surface area contributed by atoms with Crippen LogP contribution in [0.4, 0.5) is 11.4 Å². The zero-order valence-electron chi connectivity index (χ0n) is 21.9. The molecular formula is C31H31N3O4S. The lowest BCUT2D eigenvalue weighted by Gasteiger charge is -2.32. The summed E-state index contributed by atoms with van der Waals surface area (Å²) in [5, 5.41) is 12.3. The first-order valence-corrected chi connectivity index (χ1v) is 15.4. The van der Waals surface area contributed by atoms with Gasteiger partial charge in [0.1, 0.15) is 12.4 Å². The number of nitrogens with one attached hydrogen (secondary N) is 1. The molecule has 8 heteroatoms. The third-order valence-electron chi connectivity index (χ3n) is 7.77. The molecule has 1 aliphatic heterocycles. The minimum Gasteiger partial charge on any atom is -0.490 e. The highest BCUT2D eigenvalue weighted by atomic mass is 32.2. The van der Waals surface area contributed by atoms with E-state index >= 15 is 0 Å². The maximum Gasteiger partial charge on any atom is 0.251 e. The summed E-state index contributed by atoms with van der Waals surface area (Å²) in [6.07, 6.45) is 6.26. The number of benzene rings is 3. The molecule has 7 nitrogen and oxygen atoms in total. The van der Waals surface area contributed by atoms with Crippen molar-refractivity contribution in [2.24, 2.45) is 0 Å². The summed E-state index contributed by atoms with van der Waals surface area (Å²) < 4.78 is 29.6. The van der Waals surface area contributed by atoms with E-state index in [1.54, 1.807) is 24.3 Å². The molecule has 1 amide bonds. The summed E-state index contributed by atoms with van der Waals surface area (Å²) >= 11 is 0. The average molecular weight is 542 g/mol. The van der Waals surface area contributed by atoms with Crippen LogP contribution >= 0.6 is 0 Å². The minimum atomic E-state index is -3.33. The molecule has 3 aromatic rings. The van der Waals surface area contributed by atoms with Gasteiger partial charge in [-0.15, -0.1) is 0 Å². The molecule has 200 valence electrons. The SMILES string of the molecule is CS(=O)(=O)c1ccc([C@H](CC#N)NC(=O)c2ccc3c(c2)OCCN3c2cc(C3CC3)cc(C3CC3)c2)cc1. The van der Waals surface area contributed by atoms with Gasteiger partial charge in [0.05, 0.1) is 35.7 Å². The molecule has 3 aromatic carbocycles. The van der Waals surface area contributed by atoms with Crippen molar-refractivity contribution in [3.8, 4) is 11.8 Å². The third-order valence-corrected chi connectivity index (χ3v) is 8.90. The lowest BCUT2D eigenvalue weighted by Crippen LogP contribution is -2.30. The first-order chi connectivity index (χ1) is 18.8. The molecule has 3 aliphatic rings. The lowest BCUT2D eigenvalue weighted by atomic mass is 10.0. The molecule has 1 atom stereocenters. The standard InChI is InChI=1S/C31H31N3O4S/c1-39(36,37)27-9-6-22(7-10-27)28(12-13-32)33-31(35)23-8-11-29-30(19-23)38-15-14-34(29)26-17-24(20-2-3-20)16-25(18-26)21-4-5-21/h6-11,16-21,28H,2-5,12,14-15H2,1H3,(H,33,35)/t28-/m0/s1. The Bertz CT molecular complexity index is 1540. The Morgan fingerprint density at radius 3 is 2.28 bits per heavy atom. The van der Waals surface area contributed by atoms with E-state index in [2.05, 4.69) is 34.5 Å². The lowest BCUT2D eigenvalue weighted by molar-refractivity contribution is 0.0936. The normalized spacial score (nSPS) is 17.5. The number of sulfone groups is 1. The van der Waals surface area contributed by atoms with Gasteiger partial charge in [0.15, 0.2) is 9.84 Å². The van der Waals surface area contributed by atoms with E-state index in [1.807, 2.05) is 6.07 Å². The zero-order valence-corrected chi connectivity index (χ0v) is 22.7. The fraction of sp³-hybridized carbons (Fsp3) is 0.355. The average Bonchev–Trinajstić information content (AvgIpc) is 3.84. The summed E-state index contributed by atoms with van der Waals surface area (Å²) in [5.74, 6) is 1.70. The molecule has 1 heterocycles. The van der Waals surface area contributed by atoms with Crippen molar-refractivity contribution >= 4 is 27.1 Å². The van der Waals surface area contributed by atoms with Crippen molar-refractivity contribution in [2.45, 2.75) is 54.9 Å². The number of anilines is 2. The number of fused-ring (bicyclic) bond motifs is 1. The van der Waals surface area contributed by atoms with Crippen LogP contribution in [0.25, 0.3) is 0 Å². The van der Waals surface area contributed by atoms with Gasteiger partial charge in [0.2, 0.25) is 0 Å². The Morgan fingerprint density at radius 2 is 1.69 bits per heavy atom. The fourth-order valence-corrected chi connectivity index (χ4v) is 5.91. The predicted octanol–water partition coefficient (Wildman–Crippen LogP) is 5.76. The third kappa shape index (κ3) is 5.50. The van der Waals surface area contributed by atoms with Crippen LogP contribution in [0.15, 0.2) is 65.6 Å². The maximum absolute atomic E-state index is 13.2. The largest absolute Gasteiger partial charge is 0.490 e. The Balaban J connectivity index is 1.24. The number of nitriles is 1. The number of hydrogen-bond acceptors (Lipinski definition) is 6. The van der Waals surface area contributed by atoms with E-state index in [9.17, 15) is 18.5 Å². The summed E-state index contributed by atoms with van der Waals surface area (Å²) in [6, 6.07) is 20.3. The smallest absolute Gasteiger partial charge is 0.251 e. The van der Waals surface area contributed by atoms with E-state index in [0.29, 0.717) is 35.3 Å². The Labute approximate surface area is 229 Å². The van der Waals surface area contributed by atoms with Crippen molar-refractivity contribution < 1.29 is 17.9 Å². The fourth-order valence-electron chi connectivity index (χ4n) is 5.28. The second kappa shape index (κ2) is 10.0. The van der Waals surface area contributed by atoms with E-state index in [0.717, 1.165) is 18.5 Å². The van der Waals surface area contributed by atoms with Crippen molar-refractivity contribution in [1.82, 2.24) is 5.32 Å². The Hall–Kier alpha value is -3.83. The van der Waals surface area contributed by atoms with Crippen LogP contribution in [0, 0.1) is 11.3 Å². The van der Waals surface area contributed by atoms with Crippen LogP contribution in [0.1, 0.15) is 77.0 Å². The van der Waals surface area contributed by atoms with Gasteiger partial charge in [-0.3, -0.25) is 4.79 Å². The van der Waals surface area contributed by atoms with Crippen LogP contribution in [-0.4, -0.2) is 33.7 Å². The number of amides is 1. The van der Waals surface area contributed by atoms with Gasteiger partial charge in [0.25, 0.3) is 5.91 Å². The molecule has 2 fully saturated rings. The van der Waals surface area contributed by atoms with Crippen LogP contribution in [-0.2, 0) is 9.84 Å². The highest BCUT2D eigenvalue weighted by Crippen LogP contribution is 2.48. The zero-order chi connectivity index (χ0) is 27.1. The van der Waals surface area contributed by atoms with Gasteiger partial charge >= 0.3 is 0 Å². The molecule has 2 saturated carbocycles. The van der Waals surface area contributed by atoms with Gasteiger partial charge in [-0.2, -0.15) is 5.26 Å². The monoisotopic (exact) mass is 541 g/mol. The first-order valence-electron chi connectivity index (χ1n) is 13.5. The van der Waals surface area contributed by atoms with Crippen LogP contribution in [0.2, 0.25) is 0 Å². The molecule has 0 aromatic heterocycles. The van der Waals surface area contributed by atoms with E-state index in [4.69, 9.17) is 4.74 Å². The van der Waals surface area contributed by atoms with E-state index in [-0.39, 0.29) is 17.2 Å². The minimum absolute atomic E-state index is 0.0554. The summed E-state index contributed by atoms with van der Waals surface area (Å²) in [4.78, 5) is 15.7. The number of ether oxygens (including phenoxy) is 1. The predicted molar refractivity (Wildman–Crippen MR) is 149 cm³/mol. The van der Waals surface area contributed by atoms with Crippen LogP contribution in [0.5, 0.6) is 5.75 Å². The van der Waals surface area contributed by atoms with E-state index < -0.39 is 15.9 Å².